The summed E-state index contributed by atoms with van der Waals surface area (Å²) < 4.78 is 5.43. The predicted octanol–water partition coefficient (Wildman–Crippen LogP) is 4.33. The molecule has 1 aliphatic heterocycles. The second kappa shape index (κ2) is 6.94. The molecule has 3 heterocycles. The van der Waals surface area contributed by atoms with Crippen molar-refractivity contribution in [2.24, 2.45) is 0 Å². The van der Waals surface area contributed by atoms with Crippen molar-refractivity contribution in [3.8, 4) is 21.8 Å². The third-order valence-electron chi connectivity index (χ3n) is 4.63. The van der Waals surface area contributed by atoms with Crippen LogP contribution in [0.5, 0.6) is 0 Å². The summed E-state index contributed by atoms with van der Waals surface area (Å²) in [6, 6.07) is 10.7. The molecule has 25 heavy (non-hydrogen) atoms. The van der Waals surface area contributed by atoms with Gasteiger partial charge in [0.2, 0.25) is 0 Å². The first kappa shape index (κ1) is 16.2. The topological polar surface area (TPSA) is 38.2 Å². The van der Waals surface area contributed by atoms with Crippen molar-refractivity contribution in [3.05, 3.63) is 53.0 Å². The number of aromatic nitrogens is 2. The summed E-state index contributed by atoms with van der Waals surface area (Å²) in [5, 5.41) is 3.17. The SMILES string of the molecule is Cc1ccc(-c2csc(-c3ccnc(N4CCOCC4)c3)n2)cc1C. The van der Waals surface area contributed by atoms with Crippen LogP contribution in [0.3, 0.4) is 0 Å². The molecule has 0 N–H and O–H groups in total. The Morgan fingerprint density at radius 2 is 1.84 bits per heavy atom. The van der Waals surface area contributed by atoms with E-state index in [1.807, 2.05) is 12.3 Å². The van der Waals surface area contributed by atoms with Crippen molar-refractivity contribution >= 4 is 17.2 Å². The quantitative estimate of drug-likeness (QED) is 0.704. The van der Waals surface area contributed by atoms with Crippen LogP contribution in [0.25, 0.3) is 21.8 Å². The predicted molar refractivity (Wildman–Crippen MR) is 103 cm³/mol. The number of benzene rings is 1. The van der Waals surface area contributed by atoms with Crippen LogP contribution in [0.4, 0.5) is 5.82 Å². The number of ether oxygens (including phenoxy) is 1. The zero-order valence-electron chi connectivity index (χ0n) is 14.5. The molecule has 0 radical (unpaired) electrons. The van der Waals surface area contributed by atoms with E-state index in [1.54, 1.807) is 11.3 Å². The average Bonchev–Trinajstić information content (AvgIpc) is 3.15. The largest absolute Gasteiger partial charge is 0.378 e. The Hall–Kier alpha value is -2.24. The van der Waals surface area contributed by atoms with E-state index in [0.717, 1.165) is 48.4 Å². The maximum Gasteiger partial charge on any atom is 0.129 e. The van der Waals surface area contributed by atoms with E-state index in [1.165, 1.54) is 16.7 Å². The fraction of sp³-hybridized carbons (Fsp3) is 0.300. The van der Waals surface area contributed by atoms with Crippen LogP contribution in [0, 0.1) is 13.8 Å². The molecule has 0 atom stereocenters. The van der Waals surface area contributed by atoms with Crippen molar-refractivity contribution in [1.82, 2.24) is 9.97 Å². The third-order valence-corrected chi connectivity index (χ3v) is 5.53. The molecule has 1 fully saturated rings. The fourth-order valence-corrected chi connectivity index (χ4v) is 3.78. The van der Waals surface area contributed by atoms with E-state index >= 15 is 0 Å². The standard InChI is InChI=1S/C20H21N3OS/c1-14-3-4-16(11-15(14)2)18-13-25-20(22-18)17-5-6-21-19(12-17)23-7-9-24-10-8-23/h3-6,11-13H,7-10H2,1-2H3. The lowest BCUT2D eigenvalue weighted by Gasteiger charge is -2.27. The Balaban J connectivity index is 1.62. The first-order valence-corrected chi connectivity index (χ1v) is 9.41. The van der Waals surface area contributed by atoms with Crippen molar-refractivity contribution in [2.75, 3.05) is 31.2 Å². The lowest BCUT2D eigenvalue weighted by Crippen LogP contribution is -2.36. The second-order valence-corrected chi connectivity index (χ2v) is 7.20. The smallest absolute Gasteiger partial charge is 0.129 e. The zero-order chi connectivity index (χ0) is 17.2. The van der Waals surface area contributed by atoms with Crippen LogP contribution >= 0.6 is 11.3 Å². The first-order chi connectivity index (χ1) is 12.2. The van der Waals surface area contributed by atoms with E-state index in [0.29, 0.717) is 0 Å². The number of hydrogen-bond donors (Lipinski definition) is 0. The number of rotatable bonds is 3. The maximum absolute atomic E-state index is 5.43. The molecular weight excluding hydrogens is 330 g/mol. The Kier molecular flexibility index (Phi) is 4.51. The fourth-order valence-electron chi connectivity index (χ4n) is 2.96. The first-order valence-electron chi connectivity index (χ1n) is 8.53. The highest BCUT2D eigenvalue weighted by molar-refractivity contribution is 7.13. The van der Waals surface area contributed by atoms with E-state index in [2.05, 4.69) is 53.4 Å². The lowest BCUT2D eigenvalue weighted by atomic mass is 10.1. The third kappa shape index (κ3) is 3.43. The second-order valence-electron chi connectivity index (χ2n) is 6.34. The highest BCUT2D eigenvalue weighted by atomic mass is 32.1. The van der Waals surface area contributed by atoms with Gasteiger partial charge >= 0.3 is 0 Å². The van der Waals surface area contributed by atoms with E-state index in [9.17, 15) is 0 Å². The molecule has 0 aliphatic carbocycles. The molecule has 3 aromatic rings. The molecule has 1 aliphatic rings. The van der Waals surface area contributed by atoms with Gasteiger partial charge in [0, 0.05) is 35.8 Å². The van der Waals surface area contributed by atoms with Crippen LogP contribution < -0.4 is 4.90 Å². The Morgan fingerprint density at radius 1 is 1.00 bits per heavy atom. The molecule has 128 valence electrons. The summed E-state index contributed by atoms with van der Waals surface area (Å²) >= 11 is 1.68. The molecule has 4 nitrogen and oxygen atoms in total. The molecule has 0 spiro atoms. The van der Waals surface area contributed by atoms with Crippen LogP contribution in [0.2, 0.25) is 0 Å². The van der Waals surface area contributed by atoms with E-state index in [-0.39, 0.29) is 0 Å². The van der Waals surface area contributed by atoms with Crippen molar-refractivity contribution in [2.45, 2.75) is 13.8 Å². The van der Waals surface area contributed by atoms with Gasteiger partial charge in [-0.1, -0.05) is 12.1 Å². The molecule has 1 saturated heterocycles. The van der Waals surface area contributed by atoms with Gasteiger partial charge in [-0.2, -0.15) is 0 Å². The highest BCUT2D eigenvalue weighted by Gasteiger charge is 2.14. The minimum atomic E-state index is 0.764. The van der Waals surface area contributed by atoms with Crippen LogP contribution in [0.1, 0.15) is 11.1 Å². The number of nitrogens with zero attached hydrogens (tertiary/aromatic N) is 3. The summed E-state index contributed by atoms with van der Waals surface area (Å²) in [7, 11) is 0. The monoisotopic (exact) mass is 351 g/mol. The number of morpholine rings is 1. The minimum absolute atomic E-state index is 0.764. The lowest BCUT2D eigenvalue weighted by molar-refractivity contribution is 0.122. The molecule has 4 rings (SSSR count). The summed E-state index contributed by atoms with van der Waals surface area (Å²) in [5.41, 5.74) is 5.94. The summed E-state index contributed by atoms with van der Waals surface area (Å²) in [4.78, 5) is 11.6. The van der Waals surface area contributed by atoms with Gasteiger partial charge in [0.15, 0.2) is 0 Å². The van der Waals surface area contributed by atoms with Crippen LogP contribution in [0.15, 0.2) is 41.9 Å². The summed E-state index contributed by atoms with van der Waals surface area (Å²) in [5.74, 6) is 1.00. The average molecular weight is 351 g/mol. The van der Waals surface area contributed by atoms with Gasteiger partial charge in [-0.3, -0.25) is 0 Å². The maximum atomic E-state index is 5.43. The normalized spacial score (nSPS) is 14.7. The van der Waals surface area contributed by atoms with Crippen molar-refractivity contribution in [3.63, 3.8) is 0 Å². The minimum Gasteiger partial charge on any atom is -0.378 e. The van der Waals surface area contributed by atoms with Crippen molar-refractivity contribution < 1.29 is 4.74 Å². The Labute approximate surface area is 152 Å². The molecule has 0 amide bonds. The van der Waals surface area contributed by atoms with Gasteiger partial charge in [0.1, 0.15) is 10.8 Å². The number of thiazole rings is 1. The highest BCUT2D eigenvalue weighted by Crippen LogP contribution is 2.31. The molecule has 2 aromatic heterocycles. The van der Waals surface area contributed by atoms with Gasteiger partial charge in [0.25, 0.3) is 0 Å². The van der Waals surface area contributed by atoms with E-state index < -0.39 is 0 Å². The Bertz CT molecular complexity index is 884. The molecule has 5 heteroatoms. The number of aryl methyl sites for hydroxylation is 2. The number of anilines is 1. The van der Waals surface area contributed by atoms with Crippen molar-refractivity contribution in [1.29, 1.82) is 0 Å². The summed E-state index contributed by atoms with van der Waals surface area (Å²) in [6.45, 7) is 7.59. The van der Waals surface area contributed by atoms with Gasteiger partial charge in [-0.25, -0.2) is 9.97 Å². The zero-order valence-corrected chi connectivity index (χ0v) is 15.3. The Morgan fingerprint density at radius 3 is 2.64 bits per heavy atom. The molecule has 0 bridgehead atoms. The van der Waals surface area contributed by atoms with Gasteiger partial charge in [-0.15, -0.1) is 11.3 Å². The number of pyridine rings is 1. The van der Waals surface area contributed by atoms with Gasteiger partial charge in [-0.05, 0) is 43.2 Å². The molecule has 0 unspecified atom stereocenters. The summed E-state index contributed by atoms with van der Waals surface area (Å²) in [6.07, 6.45) is 1.87. The van der Waals surface area contributed by atoms with Crippen LogP contribution in [-0.2, 0) is 4.74 Å². The molecule has 1 aromatic carbocycles. The van der Waals surface area contributed by atoms with Gasteiger partial charge < -0.3 is 9.64 Å². The molecule has 0 saturated carbocycles. The number of hydrogen-bond acceptors (Lipinski definition) is 5. The van der Waals surface area contributed by atoms with Gasteiger partial charge in [0.05, 0.1) is 18.9 Å². The molecular formula is C20H21N3OS. The van der Waals surface area contributed by atoms with Crippen LogP contribution in [-0.4, -0.2) is 36.3 Å². The van der Waals surface area contributed by atoms with E-state index in [4.69, 9.17) is 9.72 Å².